The van der Waals surface area contributed by atoms with Crippen LogP contribution in [0.3, 0.4) is 0 Å². The van der Waals surface area contributed by atoms with E-state index in [1.54, 1.807) is 6.33 Å². The summed E-state index contributed by atoms with van der Waals surface area (Å²) in [7, 11) is 0. The van der Waals surface area contributed by atoms with E-state index in [0.717, 1.165) is 22.0 Å². The Morgan fingerprint density at radius 2 is 1.90 bits per heavy atom. The van der Waals surface area contributed by atoms with Crippen LogP contribution >= 0.6 is 34.2 Å². The van der Waals surface area contributed by atoms with E-state index < -0.39 is 0 Å². The van der Waals surface area contributed by atoms with Crippen molar-refractivity contribution in [2.24, 2.45) is 0 Å². The number of halogens is 2. The van der Waals surface area contributed by atoms with Crippen LogP contribution in [0.2, 0.25) is 5.02 Å². The highest BCUT2D eigenvalue weighted by Crippen LogP contribution is 2.17. The Balaban J connectivity index is 1.82. The summed E-state index contributed by atoms with van der Waals surface area (Å²) in [6, 6.07) is 15.9. The first-order valence-corrected chi connectivity index (χ1v) is 7.56. The molecular weight excluding hydrogens is 385 g/mol. The molecule has 5 heteroatoms. The fraction of sp³-hybridized carbons (Fsp3) is 0.0667. The van der Waals surface area contributed by atoms with Crippen molar-refractivity contribution in [3.8, 4) is 11.4 Å². The number of benzene rings is 2. The number of hydrogen-bond donors (Lipinski definition) is 0. The molecule has 0 fully saturated rings. The van der Waals surface area contributed by atoms with Gasteiger partial charge in [-0.15, -0.1) is 0 Å². The summed E-state index contributed by atoms with van der Waals surface area (Å²) in [5.74, 6) is 0.739. The van der Waals surface area contributed by atoms with Crippen molar-refractivity contribution >= 4 is 34.2 Å². The van der Waals surface area contributed by atoms with Crippen LogP contribution in [0.1, 0.15) is 5.56 Å². The van der Waals surface area contributed by atoms with Gasteiger partial charge in [0.2, 0.25) is 0 Å². The molecule has 0 N–H and O–H groups in total. The average molecular weight is 396 g/mol. The van der Waals surface area contributed by atoms with Crippen LogP contribution in [0.5, 0.6) is 0 Å². The molecule has 3 rings (SSSR count). The fourth-order valence-electron chi connectivity index (χ4n) is 1.92. The second-order valence-electron chi connectivity index (χ2n) is 4.40. The average Bonchev–Trinajstić information content (AvgIpc) is 2.88. The molecule has 100 valence electrons. The molecule has 0 radical (unpaired) electrons. The van der Waals surface area contributed by atoms with E-state index >= 15 is 0 Å². The Labute approximate surface area is 135 Å². The molecule has 0 atom stereocenters. The first-order valence-electron chi connectivity index (χ1n) is 6.10. The Morgan fingerprint density at radius 1 is 1.10 bits per heavy atom. The summed E-state index contributed by atoms with van der Waals surface area (Å²) in [6.45, 7) is 0.665. The molecule has 0 spiro atoms. The van der Waals surface area contributed by atoms with Gasteiger partial charge in [0, 0.05) is 14.2 Å². The molecule has 0 saturated carbocycles. The van der Waals surface area contributed by atoms with Gasteiger partial charge in [0.25, 0.3) is 0 Å². The van der Waals surface area contributed by atoms with Crippen molar-refractivity contribution in [2.75, 3.05) is 0 Å². The summed E-state index contributed by atoms with van der Waals surface area (Å²) in [4.78, 5) is 4.35. The lowest BCUT2D eigenvalue weighted by atomic mass is 10.2. The fourth-order valence-corrected chi connectivity index (χ4v) is 2.50. The van der Waals surface area contributed by atoms with Crippen LogP contribution in [0.25, 0.3) is 11.4 Å². The minimum Gasteiger partial charge on any atom is -0.248 e. The van der Waals surface area contributed by atoms with Crippen molar-refractivity contribution in [3.05, 3.63) is 69.0 Å². The summed E-state index contributed by atoms with van der Waals surface area (Å²) in [5.41, 5.74) is 2.13. The minimum atomic E-state index is 0.665. The molecule has 0 unspecified atom stereocenters. The zero-order chi connectivity index (χ0) is 13.9. The van der Waals surface area contributed by atoms with E-state index in [1.807, 2.05) is 53.2 Å². The third-order valence-corrected chi connectivity index (χ3v) is 3.83. The van der Waals surface area contributed by atoms with Gasteiger partial charge in [0.1, 0.15) is 6.33 Å². The molecule has 1 aromatic heterocycles. The first-order chi connectivity index (χ1) is 9.70. The van der Waals surface area contributed by atoms with Crippen molar-refractivity contribution in [3.63, 3.8) is 0 Å². The lowest BCUT2D eigenvalue weighted by Gasteiger charge is -2.01. The maximum Gasteiger partial charge on any atom is 0.181 e. The smallest absolute Gasteiger partial charge is 0.181 e. The summed E-state index contributed by atoms with van der Waals surface area (Å²) >= 11 is 8.26. The highest BCUT2D eigenvalue weighted by atomic mass is 127. The van der Waals surface area contributed by atoms with Gasteiger partial charge < -0.3 is 0 Å². The molecule has 3 aromatic rings. The summed E-state index contributed by atoms with van der Waals surface area (Å²) in [5, 5.41) is 5.23. The van der Waals surface area contributed by atoms with Gasteiger partial charge >= 0.3 is 0 Å². The van der Waals surface area contributed by atoms with E-state index in [9.17, 15) is 0 Å². The number of rotatable bonds is 3. The van der Waals surface area contributed by atoms with E-state index in [-0.39, 0.29) is 0 Å². The Bertz CT molecular complexity index is 722. The van der Waals surface area contributed by atoms with E-state index in [0.29, 0.717) is 6.54 Å². The molecule has 1 heterocycles. The van der Waals surface area contributed by atoms with Gasteiger partial charge in [-0.05, 0) is 52.4 Å². The number of nitrogens with zero attached hydrogens (tertiary/aromatic N) is 3. The van der Waals surface area contributed by atoms with Gasteiger partial charge in [-0.1, -0.05) is 35.9 Å². The SMILES string of the molecule is Clc1cccc(Cn2cnc(-c3ccc(I)cc3)n2)c1. The van der Waals surface area contributed by atoms with Crippen molar-refractivity contribution in [1.82, 2.24) is 14.8 Å². The van der Waals surface area contributed by atoms with Crippen LogP contribution in [0, 0.1) is 3.57 Å². The molecule has 0 aliphatic heterocycles. The Kier molecular flexibility index (Phi) is 4.03. The van der Waals surface area contributed by atoms with E-state index in [1.165, 1.54) is 3.57 Å². The molecule has 2 aromatic carbocycles. The highest BCUT2D eigenvalue weighted by molar-refractivity contribution is 14.1. The lowest BCUT2D eigenvalue weighted by Crippen LogP contribution is -2.00. The Morgan fingerprint density at radius 3 is 2.65 bits per heavy atom. The van der Waals surface area contributed by atoms with Crippen LogP contribution < -0.4 is 0 Å². The van der Waals surface area contributed by atoms with Gasteiger partial charge in [0.15, 0.2) is 5.82 Å². The van der Waals surface area contributed by atoms with Gasteiger partial charge in [0.05, 0.1) is 6.54 Å². The third kappa shape index (κ3) is 3.19. The maximum absolute atomic E-state index is 5.98. The normalized spacial score (nSPS) is 10.7. The quantitative estimate of drug-likeness (QED) is 0.621. The third-order valence-electron chi connectivity index (χ3n) is 2.87. The van der Waals surface area contributed by atoms with Crippen molar-refractivity contribution < 1.29 is 0 Å². The maximum atomic E-state index is 5.98. The molecule has 0 aliphatic carbocycles. The zero-order valence-electron chi connectivity index (χ0n) is 10.5. The molecule has 20 heavy (non-hydrogen) atoms. The first kappa shape index (κ1) is 13.6. The van der Waals surface area contributed by atoms with Gasteiger partial charge in [-0.3, -0.25) is 0 Å². The number of hydrogen-bond acceptors (Lipinski definition) is 2. The van der Waals surface area contributed by atoms with Crippen molar-refractivity contribution in [1.29, 1.82) is 0 Å². The van der Waals surface area contributed by atoms with E-state index in [4.69, 9.17) is 11.6 Å². The molecule has 3 nitrogen and oxygen atoms in total. The molecule has 0 bridgehead atoms. The van der Waals surface area contributed by atoms with Crippen LogP contribution in [-0.4, -0.2) is 14.8 Å². The predicted octanol–water partition coefficient (Wildman–Crippen LogP) is 4.25. The summed E-state index contributed by atoms with van der Waals surface area (Å²) in [6.07, 6.45) is 1.74. The zero-order valence-corrected chi connectivity index (χ0v) is 13.4. The second kappa shape index (κ2) is 5.93. The Hall–Kier alpha value is -1.40. The monoisotopic (exact) mass is 395 g/mol. The molecule has 0 saturated heterocycles. The van der Waals surface area contributed by atoms with Crippen molar-refractivity contribution in [2.45, 2.75) is 6.54 Å². The lowest BCUT2D eigenvalue weighted by molar-refractivity contribution is 0.687. The predicted molar refractivity (Wildman–Crippen MR) is 88.7 cm³/mol. The summed E-state index contributed by atoms with van der Waals surface area (Å²) < 4.78 is 3.02. The standard InChI is InChI=1S/C15H11ClIN3/c16-13-3-1-2-11(8-13)9-20-10-18-15(19-20)12-4-6-14(17)7-5-12/h1-8,10H,9H2. The number of aromatic nitrogens is 3. The van der Waals surface area contributed by atoms with Crippen LogP contribution in [0.15, 0.2) is 54.9 Å². The minimum absolute atomic E-state index is 0.665. The molecule has 0 amide bonds. The van der Waals surface area contributed by atoms with E-state index in [2.05, 4.69) is 32.7 Å². The molecule has 0 aliphatic rings. The topological polar surface area (TPSA) is 30.7 Å². The highest BCUT2D eigenvalue weighted by Gasteiger charge is 2.04. The van der Waals surface area contributed by atoms with Crippen LogP contribution in [0.4, 0.5) is 0 Å². The van der Waals surface area contributed by atoms with Gasteiger partial charge in [-0.2, -0.15) is 5.10 Å². The van der Waals surface area contributed by atoms with Gasteiger partial charge in [-0.25, -0.2) is 9.67 Å². The second-order valence-corrected chi connectivity index (χ2v) is 6.08. The van der Waals surface area contributed by atoms with Crippen LogP contribution in [-0.2, 0) is 6.54 Å². The largest absolute Gasteiger partial charge is 0.248 e. The molecular formula is C15H11ClIN3.